The smallest absolute Gasteiger partial charge is 0.188 e. The monoisotopic (exact) mass is 1200 g/mol. The van der Waals surface area contributed by atoms with Crippen LogP contribution in [0.3, 0.4) is 0 Å². The van der Waals surface area contributed by atoms with Crippen molar-refractivity contribution in [2.45, 2.75) is 222 Å². The molecule has 1 aromatic carbocycles. The van der Waals surface area contributed by atoms with E-state index in [0.717, 1.165) is 141 Å². The molecular formula is C63H130N22. The zero-order chi connectivity index (χ0) is 65.1. The Morgan fingerprint density at radius 2 is 0.824 bits per heavy atom. The van der Waals surface area contributed by atoms with Gasteiger partial charge in [-0.3, -0.25) is 32.0 Å². The zero-order valence-electron chi connectivity index (χ0n) is 56.9. The first-order valence-corrected chi connectivity index (χ1v) is 31.5. The summed E-state index contributed by atoms with van der Waals surface area (Å²) in [6.45, 7) is 51.5. The predicted octanol–water partition coefficient (Wildman–Crippen LogP) is 5.80. The van der Waals surface area contributed by atoms with Crippen molar-refractivity contribution in [2.24, 2.45) is 69.0 Å². The largest absolute Gasteiger partial charge is 0.387 e. The van der Waals surface area contributed by atoms with E-state index in [0.29, 0.717) is 35.6 Å². The van der Waals surface area contributed by atoms with Gasteiger partial charge in [-0.05, 0) is 212 Å². The summed E-state index contributed by atoms with van der Waals surface area (Å²) in [7, 11) is 0. The van der Waals surface area contributed by atoms with Gasteiger partial charge in [0.1, 0.15) is 5.84 Å². The van der Waals surface area contributed by atoms with Crippen molar-refractivity contribution >= 4 is 35.5 Å². The quantitative estimate of drug-likeness (QED) is 0.0773. The van der Waals surface area contributed by atoms with Gasteiger partial charge in [0.25, 0.3) is 0 Å². The number of nitrogen functional groups attached to an aromatic ring is 1. The molecule has 6 rings (SSSR count). The van der Waals surface area contributed by atoms with E-state index in [4.69, 9.17) is 61.4 Å². The first kappa shape index (κ1) is 78.0. The van der Waals surface area contributed by atoms with Gasteiger partial charge in [0.2, 0.25) is 0 Å². The highest BCUT2D eigenvalue weighted by Crippen LogP contribution is 2.28. The molecule has 22 heteroatoms. The summed E-state index contributed by atoms with van der Waals surface area (Å²) in [4.78, 5) is 9.86. The number of aliphatic imine (C=N–C) groups is 1. The molecule has 3 saturated heterocycles. The van der Waals surface area contributed by atoms with Gasteiger partial charge in [-0.1, -0.05) is 24.3 Å². The summed E-state index contributed by atoms with van der Waals surface area (Å²) in [5.74, 6) is 4.87. The van der Waals surface area contributed by atoms with E-state index < -0.39 is 0 Å². The lowest BCUT2D eigenvalue weighted by atomic mass is 9.81. The molecule has 4 aliphatic heterocycles. The van der Waals surface area contributed by atoms with Crippen molar-refractivity contribution < 1.29 is 0 Å². The van der Waals surface area contributed by atoms with Crippen molar-refractivity contribution in [1.82, 2.24) is 51.9 Å². The average molecular weight is 1200 g/mol. The number of amidine groups is 2. The van der Waals surface area contributed by atoms with Crippen LogP contribution in [0.25, 0.3) is 0 Å². The first-order valence-electron chi connectivity index (χ1n) is 31.5. The minimum Gasteiger partial charge on any atom is -0.387 e. The second-order valence-corrected chi connectivity index (χ2v) is 30.4. The van der Waals surface area contributed by atoms with E-state index in [2.05, 4.69) is 167 Å². The number of rotatable bonds is 14. The van der Waals surface area contributed by atoms with Crippen molar-refractivity contribution in [3.63, 3.8) is 0 Å². The normalized spacial score (nSPS) is 20.5. The van der Waals surface area contributed by atoms with Gasteiger partial charge in [-0.15, -0.1) is 0 Å². The summed E-state index contributed by atoms with van der Waals surface area (Å²) < 4.78 is 0. The van der Waals surface area contributed by atoms with Crippen molar-refractivity contribution in [2.75, 3.05) is 78.5 Å². The van der Waals surface area contributed by atoms with Crippen LogP contribution < -0.4 is 71.6 Å². The molecule has 24 N–H and O–H groups in total. The lowest BCUT2D eigenvalue weighted by molar-refractivity contribution is 0.170. The molecule has 4 fully saturated rings. The molecule has 1 aliphatic carbocycles. The number of piperidine rings is 1. The molecule has 2 atom stereocenters. The van der Waals surface area contributed by atoms with E-state index in [1.807, 2.05) is 39.0 Å². The van der Waals surface area contributed by atoms with Crippen LogP contribution in [0, 0.1) is 56.6 Å². The molecule has 85 heavy (non-hydrogen) atoms. The number of likely N-dealkylation sites (tertiary alicyclic amines) is 3. The van der Waals surface area contributed by atoms with Crippen molar-refractivity contribution in [3.8, 4) is 0 Å². The maximum absolute atomic E-state index is 7.42. The first-order chi connectivity index (χ1) is 38.9. The van der Waals surface area contributed by atoms with Crippen LogP contribution >= 0.6 is 0 Å². The number of nitrogens with zero attached hydrogens (tertiary/aromatic N) is 4. The molecule has 2 unspecified atom stereocenters. The molecule has 0 spiro atoms. The van der Waals surface area contributed by atoms with Crippen LogP contribution in [-0.4, -0.2) is 168 Å². The Morgan fingerprint density at radius 1 is 0.459 bits per heavy atom. The molecule has 1 saturated carbocycles. The summed E-state index contributed by atoms with van der Waals surface area (Å²) in [5.41, 5.74) is 35.8. The van der Waals surface area contributed by atoms with Gasteiger partial charge < -0.3 is 86.3 Å². The fourth-order valence-electron chi connectivity index (χ4n) is 9.39. The highest BCUT2D eigenvalue weighted by molar-refractivity contribution is 5.94. The third-order valence-electron chi connectivity index (χ3n) is 14.9. The van der Waals surface area contributed by atoms with Gasteiger partial charge in [0.05, 0.1) is 5.84 Å². The molecule has 0 bridgehead atoms. The molecule has 492 valence electrons. The Hall–Kier alpha value is -5.00. The number of benzene rings is 1. The zero-order valence-corrected chi connectivity index (χ0v) is 56.9. The highest BCUT2D eigenvalue weighted by atomic mass is 15.3. The number of nitrogens with two attached hydrogens (primary N) is 6. The molecule has 4 heterocycles. The van der Waals surface area contributed by atoms with E-state index in [9.17, 15) is 0 Å². The Morgan fingerprint density at radius 3 is 1.20 bits per heavy atom. The van der Waals surface area contributed by atoms with Crippen molar-refractivity contribution in [3.05, 3.63) is 35.4 Å². The summed E-state index contributed by atoms with van der Waals surface area (Å²) in [6, 6.07) is 8.17. The Balaban J connectivity index is 0.000000510. The topological polar surface area (TPSA) is 382 Å². The summed E-state index contributed by atoms with van der Waals surface area (Å²) in [5, 5.41) is 60.5. The summed E-state index contributed by atoms with van der Waals surface area (Å²) >= 11 is 0. The molecule has 0 aromatic heterocycles. The van der Waals surface area contributed by atoms with E-state index in [-0.39, 0.29) is 56.9 Å². The minimum absolute atomic E-state index is 0.116. The Labute approximate surface area is 517 Å². The van der Waals surface area contributed by atoms with Gasteiger partial charge in [0.15, 0.2) is 23.8 Å². The van der Waals surface area contributed by atoms with Gasteiger partial charge in [-0.25, -0.2) is 0 Å². The van der Waals surface area contributed by atoms with E-state index in [1.165, 1.54) is 18.4 Å². The van der Waals surface area contributed by atoms with Gasteiger partial charge in [0, 0.05) is 129 Å². The fraction of sp³-hybridized carbons (Fsp3) is 0.810. The highest BCUT2D eigenvalue weighted by Gasteiger charge is 2.29. The molecule has 1 aromatic rings. The fourth-order valence-corrected chi connectivity index (χ4v) is 9.39. The third kappa shape index (κ3) is 40.2. The average Bonchev–Trinajstić information content (AvgIpc) is 4.01. The van der Waals surface area contributed by atoms with Crippen LogP contribution in [0.15, 0.2) is 29.3 Å². The predicted molar refractivity (Wildman–Crippen MR) is 363 cm³/mol. The van der Waals surface area contributed by atoms with Crippen LogP contribution in [0.1, 0.15) is 187 Å². The second-order valence-electron chi connectivity index (χ2n) is 30.4. The molecule has 22 nitrogen and oxygen atoms in total. The SMILES string of the molecule is CC(C)(C)NCC1CCC(C(=N)N)CC1.CC(C)(C)NCC1CCN(C(=N)N)C1.CC(C)(C)NCC1CCN(C(=N)N)CC1.CC(C)(C)NCC1CCN=C(N)N1.CC(C)(C)NCC1CN(C(=N)N)C1.CC(C)(C)NCc1ccc(C(=N)N)cc1. The molecule has 5 aliphatic rings. The number of hydrogen-bond acceptors (Lipinski definition) is 14. The van der Waals surface area contributed by atoms with E-state index >= 15 is 0 Å². The van der Waals surface area contributed by atoms with Crippen LogP contribution in [0.2, 0.25) is 0 Å². The second kappa shape index (κ2) is 36.3. The standard InChI is InChI=1S/C12H25N3.C12H19N3.C11H24N4.C10H22N4.2C9H20N4/c2*1-12(2,3)15-8-9-4-6-10(7-5-9)11(13)14;1-11(2,3)14-8-9-4-6-15(7-5-9)10(12)13;1-10(2,3)13-6-8-4-5-14(7-8)9(11)12;1-9(2,3)12-4-7-5-13(6-7)8(10)11;1-9(2,3)12-6-7-4-5-11-8(10)13-7/h9-10,15H,4-8H2,1-3H3,(H3,13,14);4-7,15H,8H2,1-3H3,(H3,13,14);9,14H,4-8H2,1-3H3,(H3,12,13);8,13H,4-7H2,1-3H3,(H3,11,12);7,12H,4-6H2,1-3H3,(H3,10,11);7,12H,4-6H2,1-3H3,(H3,10,11,13). The van der Waals surface area contributed by atoms with E-state index in [1.54, 1.807) is 0 Å². The Kier molecular flexibility index (Phi) is 33.4. The maximum atomic E-state index is 7.42. The Bertz CT molecular complexity index is 2070. The number of guanidine groups is 4. The minimum atomic E-state index is 0.116. The van der Waals surface area contributed by atoms with Crippen LogP contribution in [-0.2, 0) is 6.54 Å². The van der Waals surface area contributed by atoms with Gasteiger partial charge >= 0.3 is 0 Å². The van der Waals surface area contributed by atoms with Crippen LogP contribution in [0.5, 0.6) is 0 Å². The lowest BCUT2D eigenvalue weighted by Gasteiger charge is -2.40. The van der Waals surface area contributed by atoms with Crippen LogP contribution in [0.4, 0.5) is 0 Å². The molecule has 0 amide bonds. The lowest BCUT2D eigenvalue weighted by Crippen LogP contribution is -2.56. The third-order valence-corrected chi connectivity index (χ3v) is 14.9. The number of nitrogens with one attached hydrogen (secondary N) is 12. The molecule has 0 radical (unpaired) electrons. The van der Waals surface area contributed by atoms with Gasteiger partial charge in [-0.2, -0.15) is 0 Å². The number of hydrogen-bond donors (Lipinski definition) is 18. The van der Waals surface area contributed by atoms with Crippen molar-refractivity contribution in [1.29, 1.82) is 27.0 Å². The summed E-state index contributed by atoms with van der Waals surface area (Å²) in [6.07, 6.45) is 9.12. The maximum Gasteiger partial charge on any atom is 0.188 e. The molecular weight excluding hydrogens is 1060 g/mol.